The number of nitrogens with zero attached hydrogens (tertiary/aromatic N) is 4. The summed E-state index contributed by atoms with van der Waals surface area (Å²) in [6.07, 6.45) is 0. The van der Waals surface area contributed by atoms with Crippen LogP contribution in [0.2, 0.25) is 0 Å². The van der Waals surface area contributed by atoms with Gasteiger partial charge >= 0.3 is 16.9 Å². The molecule has 258 valence electrons. The Balaban J connectivity index is 1.49. The van der Waals surface area contributed by atoms with Gasteiger partial charge in [-0.1, -0.05) is 0 Å². The molecule has 0 radical (unpaired) electrons. The fraction of sp³-hybridized carbons (Fsp3) is 0.171. The number of rotatable bonds is 9. The average Bonchev–Trinajstić information content (AvgIpc) is 3.15. The van der Waals surface area contributed by atoms with Gasteiger partial charge in [0.2, 0.25) is 17.7 Å². The van der Waals surface area contributed by atoms with E-state index in [9.17, 15) is 14.4 Å². The lowest BCUT2D eigenvalue weighted by atomic mass is 10.1. The minimum Gasteiger partial charge on any atom is -0.493 e. The molecule has 3 aromatic carbocycles. The van der Waals surface area contributed by atoms with E-state index < -0.39 is 16.9 Å². The summed E-state index contributed by atoms with van der Waals surface area (Å²) < 4.78 is 49.0. The SMILES string of the molecule is COc1cc2nc(-c3cc(-c4nc5cc(OC)c(OC)cc5c(=O)o4)nc(-c4nc5cc(OC)c(OC)cc5c(=O)o4)c3)oc(=O)c2cc1OC. The third-order valence-electron chi connectivity index (χ3n) is 7.91. The van der Waals surface area contributed by atoms with Crippen LogP contribution < -0.4 is 45.3 Å². The molecule has 0 aliphatic carbocycles. The van der Waals surface area contributed by atoms with Crippen molar-refractivity contribution in [1.29, 1.82) is 0 Å². The predicted octanol–water partition coefficient (Wildman–Crippen LogP) is 4.64. The van der Waals surface area contributed by atoms with E-state index in [0.717, 1.165) is 0 Å². The van der Waals surface area contributed by atoms with Gasteiger partial charge in [-0.2, -0.15) is 0 Å². The second-order valence-corrected chi connectivity index (χ2v) is 10.7. The van der Waals surface area contributed by atoms with Gasteiger partial charge in [0, 0.05) is 42.0 Å². The number of hydrogen-bond donors (Lipinski definition) is 0. The van der Waals surface area contributed by atoms with E-state index in [4.69, 9.17) is 41.7 Å². The van der Waals surface area contributed by atoms with Crippen LogP contribution in [0.1, 0.15) is 0 Å². The third-order valence-corrected chi connectivity index (χ3v) is 7.91. The van der Waals surface area contributed by atoms with Gasteiger partial charge in [-0.3, -0.25) is 0 Å². The maximum absolute atomic E-state index is 13.3. The zero-order valence-electron chi connectivity index (χ0n) is 27.8. The van der Waals surface area contributed by atoms with E-state index in [1.165, 1.54) is 91.2 Å². The summed E-state index contributed by atoms with van der Waals surface area (Å²) in [7, 11) is 8.63. The zero-order chi connectivity index (χ0) is 36.0. The van der Waals surface area contributed by atoms with Crippen molar-refractivity contribution in [1.82, 2.24) is 19.9 Å². The van der Waals surface area contributed by atoms with Crippen LogP contribution in [0.15, 0.2) is 76.2 Å². The fourth-order valence-corrected chi connectivity index (χ4v) is 5.41. The molecule has 51 heavy (non-hydrogen) atoms. The van der Waals surface area contributed by atoms with Gasteiger partial charge in [0.15, 0.2) is 34.5 Å². The number of benzene rings is 3. The first-order chi connectivity index (χ1) is 24.7. The summed E-state index contributed by atoms with van der Waals surface area (Å²) in [4.78, 5) is 57.9. The van der Waals surface area contributed by atoms with Crippen LogP contribution in [-0.2, 0) is 0 Å². The molecule has 4 aromatic heterocycles. The first-order valence-corrected chi connectivity index (χ1v) is 14.9. The number of hydrogen-bond acceptors (Lipinski definition) is 16. The maximum atomic E-state index is 13.3. The Labute approximate surface area is 285 Å². The van der Waals surface area contributed by atoms with Crippen molar-refractivity contribution < 1.29 is 41.7 Å². The first kappa shape index (κ1) is 32.6. The highest BCUT2D eigenvalue weighted by atomic mass is 16.5. The molecule has 0 atom stereocenters. The molecule has 0 N–H and O–H groups in total. The molecule has 0 spiro atoms. The lowest BCUT2D eigenvalue weighted by Crippen LogP contribution is -2.07. The smallest absolute Gasteiger partial charge is 0.347 e. The van der Waals surface area contributed by atoms with Crippen LogP contribution in [0, 0.1) is 0 Å². The summed E-state index contributed by atoms with van der Waals surface area (Å²) in [6.45, 7) is 0. The normalized spacial score (nSPS) is 11.2. The minimum absolute atomic E-state index is 0.0231. The number of fused-ring (bicyclic) bond motifs is 3. The number of aromatic nitrogens is 4. The van der Waals surface area contributed by atoms with Gasteiger partial charge in [-0.25, -0.2) is 34.3 Å². The highest BCUT2D eigenvalue weighted by Crippen LogP contribution is 2.35. The van der Waals surface area contributed by atoms with Gasteiger partial charge in [-0.05, 0) is 12.1 Å². The Morgan fingerprint density at radius 3 is 1.02 bits per heavy atom. The van der Waals surface area contributed by atoms with Gasteiger partial charge < -0.3 is 41.7 Å². The lowest BCUT2D eigenvalue weighted by Gasteiger charge is -2.11. The second-order valence-electron chi connectivity index (χ2n) is 10.7. The molecular weight excluding hydrogens is 668 g/mol. The number of pyridine rings is 1. The molecule has 16 nitrogen and oxygen atoms in total. The topological polar surface area (TPSA) is 198 Å². The molecule has 0 saturated heterocycles. The van der Waals surface area contributed by atoms with Crippen LogP contribution in [0.4, 0.5) is 0 Å². The zero-order valence-corrected chi connectivity index (χ0v) is 27.8. The van der Waals surface area contributed by atoms with Crippen LogP contribution in [0.3, 0.4) is 0 Å². The second kappa shape index (κ2) is 12.8. The molecule has 0 unspecified atom stereocenters. The fourth-order valence-electron chi connectivity index (χ4n) is 5.41. The van der Waals surface area contributed by atoms with E-state index >= 15 is 0 Å². The van der Waals surface area contributed by atoms with Crippen molar-refractivity contribution in [2.45, 2.75) is 0 Å². The van der Waals surface area contributed by atoms with Gasteiger partial charge in [-0.15, -0.1) is 0 Å². The molecule has 0 amide bonds. The van der Waals surface area contributed by atoms with E-state index in [1.807, 2.05) is 0 Å². The van der Waals surface area contributed by atoms with Gasteiger partial charge in [0.25, 0.3) is 0 Å². The molecular formula is C35H26N4O12. The van der Waals surface area contributed by atoms with Crippen LogP contribution in [0.5, 0.6) is 34.5 Å². The third kappa shape index (κ3) is 5.67. The highest BCUT2D eigenvalue weighted by molar-refractivity contribution is 5.85. The molecule has 0 saturated carbocycles. The van der Waals surface area contributed by atoms with Crippen molar-refractivity contribution in [2.75, 3.05) is 42.7 Å². The standard InChI is InChI=1S/C35H26N4O12/c1-43-24-9-16-19(12-27(24)46-4)37-30(49-33(16)40)15-7-22(31-38-20-13-28(47-5)25(44-2)10-17(20)34(41)50-31)36-23(8-15)32-39-21-14-29(48-6)26(45-3)11-18(21)35(42)51-32/h7-14H,1-6H3. The molecule has 4 heterocycles. The first-order valence-electron chi connectivity index (χ1n) is 14.9. The Hall–Kier alpha value is -6.97. The van der Waals surface area contributed by atoms with Crippen molar-refractivity contribution in [3.63, 3.8) is 0 Å². The van der Waals surface area contributed by atoms with Crippen LogP contribution in [0.25, 0.3) is 67.3 Å². The molecule has 0 aliphatic heterocycles. The molecule has 16 heteroatoms. The lowest BCUT2D eigenvalue weighted by molar-refractivity contribution is 0.355. The summed E-state index contributed by atoms with van der Waals surface area (Å²) in [5, 5.41) is 0.362. The molecule has 0 fully saturated rings. The Morgan fingerprint density at radius 2 is 0.686 bits per heavy atom. The van der Waals surface area contributed by atoms with Crippen molar-refractivity contribution >= 4 is 32.7 Å². The molecule has 7 aromatic rings. The summed E-state index contributed by atoms with van der Waals surface area (Å²) >= 11 is 0. The Bertz CT molecular complexity index is 2400. The molecule has 0 aliphatic rings. The van der Waals surface area contributed by atoms with Crippen molar-refractivity contribution in [3.8, 4) is 69.1 Å². The monoisotopic (exact) mass is 694 g/mol. The summed E-state index contributed by atoms with van der Waals surface area (Å²) in [6, 6.07) is 11.8. The molecule has 0 bridgehead atoms. The van der Waals surface area contributed by atoms with Crippen LogP contribution >= 0.6 is 0 Å². The quantitative estimate of drug-likeness (QED) is 0.202. The van der Waals surface area contributed by atoms with Gasteiger partial charge in [0.1, 0.15) is 11.4 Å². The van der Waals surface area contributed by atoms with Crippen LogP contribution in [-0.4, -0.2) is 62.6 Å². The van der Waals surface area contributed by atoms with Crippen molar-refractivity contribution in [3.05, 3.63) is 79.8 Å². The van der Waals surface area contributed by atoms with E-state index in [0.29, 0.717) is 34.5 Å². The summed E-state index contributed by atoms with van der Waals surface area (Å²) in [5.41, 5.74) is -1.47. The predicted molar refractivity (Wildman–Crippen MR) is 181 cm³/mol. The Kier molecular flexibility index (Phi) is 8.18. The maximum Gasteiger partial charge on any atom is 0.347 e. The highest BCUT2D eigenvalue weighted by Gasteiger charge is 2.22. The minimum atomic E-state index is -0.752. The van der Waals surface area contributed by atoms with Crippen molar-refractivity contribution in [2.24, 2.45) is 0 Å². The Morgan fingerprint density at radius 1 is 0.392 bits per heavy atom. The van der Waals surface area contributed by atoms with E-state index in [-0.39, 0.29) is 67.3 Å². The van der Waals surface area contributed by atoms with Gasteiger partial charge in [0.05, 0.1) is 75.4 Å². The summed E-state index contributed by atoms with van der Waals surface area (Å²) in [5.74, 6) is 1.25. The largest absolute Gasteiger partial charge is 0.493 e. The number of methoxy groups -OCH3 is 6. The number of ether oxygens (including phenoxy) is 6. The van der Waals surface area contributed by atoms with E-state index in [1.54, 1.807) is 0 Å². The average molecular weight is 695 g/mol. The molecule has 7 rings (SSSR count). The van der Waals surface area contributed by atoms with E-state index in [2.05, 4.69) is 19.9 Å².